The second kappa shape index (κ2) is 6.54. The van der Waals surface area contributed by atoms with Crippen LogP contribution in [0.15, 0.2) is 22.6 Å². The Bertz CT molecular complexity index is 743. The van der Waals surface area contributed by atoms with Gasteiger partial charge in [-0.25, -0.2) is 9.38 Å². The number of hydrogen-bond donors (Lipinski definition) is 3. The van der Waals surface area contributed by atoms with Gasteiger partial charge in [-0.1, -0.05) is 0 Å². The Balaban J connectivity index is 1.93. The lowest BCUT2D eigenvalue weighted by atomic mass is 10.0. The topological polar surface area (TPSA) is 89.5 Å². The van der Waals surface area contributed by atoms with E-state index in [1.54, 1.807) is 6.92 Å². The number of aliphatic imine (C=N–C) groups is 1. The maximum atomic E-state index is 14.2. The zero-order valence-electron chi connectivity index (χ0n) is 14.3. The van der Waals surface area contributed by atoms with Crippen LogP contribution in [0, 0.1) is 6.92 Å². The van der Waals surface area contributed by atoms with Gasteiger partial charge < -0.3 is 15.4 Å². The molecule has 0 bridgehead atoms. The lowest BCUT2D eigenvalue weighted by Crippen LogP contribution is -2.54. The molecule has 3 atom stereocenters. The van der Waals surface area contributed by atoms with Crippen LogP contribution in [0.4, 0.5) is 17.6 Å². The fourth-order valence-corrected chi connectivity index (χ4v) is 3.17. The number of alkyl halides is 4. The lowest BCUT2D eigenvalue weighted by Gasteiger charge is -2.33. The van der Waals surface area contributed by atoms with Crippen molar-refractivity contribution in [2.24, 2.45) is 10.7 Å². The van der Waals surface area contributed by atoms with Gasteiger partial charge in [-0.15, -0.1) is 0 Å². The Morgan fingerprint density at radius 2 is 2.19 bits per heavy atom. The van der Waals surface area contributed by atoms with Gasteiger partial charge in [-0.3, -0.25) is 10.4 Å². The van der Waals surface area contributed by atoms with Crippen molar-refractivity contribution in [3.05, 3.63) is 28.8 Å². The third-order valence-electron chi connectivity index (χ3n) is 4.56. The Hall–Kier alpha value is -2.14. The van der Waals surface area contributed by atoms with Gasteiger partial charge in [0.15, 0.2) is 0 Å². The number of rotatable bonds is 3. The second-order valence-electron chi connectivity index (χ2n) is 6.22. The summed E-state index contributed by atoms with van der Waals surface area (Å²) in [5.41, 5.74) is 6.14. The molecule has 2 unspecified atom stereocenters. The fourth-order valence-electron chi connectivity index (χ4n) is 3.17. The van der Waals surface area contributed by atoms with Crippen LogP contribution in [0.5, 0.6) is 0 Å². The number of hydrogen-bond acceptors (Lipinski definition) is 6. The van der Waals surface area contributed by atoms with Gasteiger partial charge in [0, 0.05) is 25.6 Å². The minimum absolute atomic E-state index is 0.0228. The van der Waals surface area contributed by atoms with Crippen LogP contribution < -0.4 is 16.4 Å². The van der Waals surface area contributed by atoms with Crippen LogP contribution in [0.2, 0.25) is 0 Å². The standard InChI is InChI=1S/C15H20F4N6O/c1-8-9(6-23-25(8)12-3-4-26-7-11(12)16)15(20)22-5-10(14(17,18)19)13(21-2)24-15/h5-6,11-12,21,24H,3-4,7,20H2,1-2H3/t11-,12?,15?/m0/s1. The monoisotopic (exact) mass is 376 g/mol. The van der Waals surface area contributed by atoms with Gasteiger partial charge >= 0.3 is 6.18 Å². The molecule has 0 saturated carbocycles. The smallest absolute Gasteiger partial charge is 0.378 e. The van der Waals surface area contributed by atoms with Crippen molar-refractivity contribution in [1.29, 1.82) is 0 Å². The summed E-state index contributed by atoms with van der Waals surface area (Å²) in [6, 6.07) is -0.515. The minimum atomic E-state index is -4.58. The first-order valence-corrected chi connectivity index (χ1v) is 8.05. The van der Waals surface area contributed by atoms with E-state index in [2.05, 4.69) is 20.7 Å². The molecule has 3 rings (SSSR count). The van der Waals surface area contributed by atoms with Crippen LogP contribution in [0.1, 0.15) is 23.7 Å². The first-order chi connectivity index (χ1) is 12.2. The van der Waals surface area contributed by atoms with E-state index < -0.39 is 29.7 Å². The molecular weight excluding hydrogens is 356 g/mol. The van der Waals surface area contributed by atoms with Gasteiger partial charge in [0.1, 0.15) is 17.6 Å². The Morgan fingerprint density at radius 1 is 1.46 bits per heavy atom. The zero-order chi connectivity index (χ0) is 19.1. The molecule has 1 fully saturated rings. The molecule has 7 nitrogen and oxygen atoms in total. The van der Waals surface area contributed by atoms with Crippen molar-refractivity contribution in [3.63, 3.8) is 0 Å². The number of aromatic nitrogens is 2. The summed E-state index contributed by atoms with van der Waals surface area (Å²) in [5, 5.41) is 9.23. The third kappa shape index (κ3) is 3.16. The molecule has 11 heteroatoms. The second-order valence-corrected chi connectivity index (χ2v) is 6.22. The van der Waals surface area contributed by atoms with Crippen molar-refractivity contribution in [2.75, 3.05) is 20.3 Å². The first-order valence-electron chi connectivity index (χ1n) is 8.05. The van der Waals surface area contributed by atoms with Crippen molar-refractivity contribution in [2.45, 2.75) is 37.5 Å². The van der Waals surface area contributed by atoms with Crippen molar-refractivity contribution in [3.8, 4) is 0 Å². The summed E-state index contributed by atoms with van der Waals surface area (Å²) < 4.78 is 59.9. The third-order valence-corrected chi connectivity index (χ3v) is 4.56. The summed E-state index contributed by atoms with van der Waals surface area (Å²) in [5.74, 6) is -1.94. The molecule has 0 amide bonds. The molecule has 0 spiro atoms. The zero-order valence-corrected chi connectivity index (χ0v) is 14.3. The maximum absolute atomic E-state index is 14.2. The highest BCUT2D eigenvalue weighted by atomic mass is 19.4. The number of nitrogens with zero attached hydrogens (tertiary/aromatic N) is 3. The first kappa shape index (κ1) is 18.6. The molecule has 26 heavy (non-hydrogen) atoms. The molecule has 0 aliphatic carbocycles. The van der Waals surface area contributed by atoms with E-state index >= 15 is 0 Å². The summed E-state index contributed by atoms with van der Waals surface area (Å²) in [7, 11) is 1.35. The van der Waals surface area contributed by atoms with Gasteiger partial charge in [0.05, 0.1) is 24.4 Å². The molecule has 3 heterocycles. The van der Waals surface area contributed by atoms with Crippen LogP contribution in [0.25, 0.3) is 0 Å². The SMILES string of the molecule is CNC1=C(C(F)(F)F)C=NC(N)(c2cnn(C3CCOC[C@@H]3F)c2C)N1. The highest BCUT2D eigenvalue weighted by Crippen LogP contribution is 2.33. The molecule has 4 N–H and O–H groups in total. The Morgan fingerprint density at radius 3 is 2.81 bits per heavy atom. The molecule has 1 saturated heterocycles. The highest BCUT2D eigenvalue weighted by Gasteiger charge is 2.42. The Kier molecular flexibility index (Phi) is 4.69. The lowest BCUT2D eigenvalue weighted by molar-refractivity contribution is -0.0875. The van der Waals surface area contributed by atoms with E-state index in [0.717, 1.165) is 0 Å². The van der Waals surface area contributed by atoms with Gasteiger partial charge in [0.25, 0.3) is 0 Å². The van der Waals surface area contributed by atoms with Gasteiger partial charge in [0.2, 0.25) is 5.79 Å². The number of allylic oxidation sites excluding steroid dienone is 1. The van der Waals surface area contributed by atoms with Crippen LogP contribution in [0.3, 0.4) is 0 Å². The molecule has 2 aliphatic heterocycles. The van der Waals surface area contributed by atoms with Crippen LogP contribution in [-0.2, 0) is 10.5 Å². The van der Waals surface area contributed by atoms with Crippen LogP contribution in [-0.4, -0.2) is 48.6 Å². The number of nitrogens with two attached hydrogens (primary N) is 1. The quantitative estimate of drug-likeness (QED) is 0.691. The predicted octanol–water partition coefficient (Wildman–Crippen LogP) is 1.23. The highest BCUT2D eigenvalue weighted by molar-refractivity contribution is 5.82. The van der Waals surface area contributed by atoms with Crippen LogP contribution >= 0.6 is 0 Å². The van der Waals surface area contributed by atoms with E-state index in [1.807, 2.05) is 0 Å². The maximum Gasteiger partial charge on any atom is 0.421 e. The van der Waals surface area contributed by atoms with Crippen molar-refractivity contribution >= 4 is 6.21 Å². The van der Waals surface area contributed by atoms with E-state index in [4.69, 9.17) is 10.5 Å². The van der Waals surface area contributed by atoms with Crippen molar-refractivity contribution < 1.29 is 22.3 Å². The average Bonchev–Trinajstić information content (AvgIpc) is 2.96. The molecule has 1 aromatic rings. The van der Waals surface area contributed by atoms with E-state index in [1.165, 1.54) is 17.9 Å². The molecular formula is C15H20F4N6O. The summed E-state index contributed by atoms with van der Waals surface area (Å²) in [6.07, 6.45) is -3.29. The van der Waals surface area contributed by atoms with Gasteiger partial charge in [-0.05, 0) is 13.3 Å². The average molecular weight is 376 g/mol. The number of ether oxygens (including phenoxy) is 1. The number of nitrogens with one attached hydrogen (secondary N) is 2. The summed E-state index contributed by atoms with van der Waals surface area (Å²) in [4.78, 5) is 3.87. The van der Waals surface area contributed by atoms with Gasteiger partial charge in [-0.2, -0.15) is 18.3 Å². The fraction of sp³-hybridized carbons (Fsp3) is 0.600. The minimum Gasteiger partial charge on any atom is -0.378 e. The summed E-state index contributed by atoms with van der Waals surface area (Å²) >= 11 is 0. The molecule has 2 aliphatic rings. The van der Waals surface area contributed by atoms with E-state index in [0.29, 0.717) is 30.5 Å². The van der Waals surface area contributed by atoms with Crippen molar-refractivity contribution in [1.82, 2.24) is 20.4 Å². The largest absolute Gasteiger partial charge is 0.421 e. The Labute approximate surface area is 147 Å². The predicted molar refractivity (Wildman–Crippen MR) is 86.0 cm³/mol. The normalized spacial score (nSPS) is 29.7. The molecule has 0 aromatic carbocycles. The molecule has 1 aromatic heterocycles. The van der Waals surface area contributed by atoms with E-state index in [9.17, 15) is 17.6 Å². The summed E-state index contributed by atoms with van der Waals surface area (Å²) in [6.45, 7) is 2.06. The van der Waals surface area contributed by atoms with E-state index in [-0.39, 0.29) is 12.4 Å². The molecule has 0 radical (unpaired) electrons. The number of halogens is 4. The molecule has 144 valence electrons.